The van der Waals surface area contributed by atoms with Crippen LogP contribution in [0.2, 0.25) is 0 Å². The Morgan fingerprint density at radius 3 is 2.41 bits per heavy atom. The quantitative estimate of drug-likeness (QED) is 0.773. The van der Waals surface area contributed by atoms with Crippen molar-refractivity contribution in [2.45, 2.75) is 6.54 Å². The summed E-state index contributed by atoms with van der Waals surface area (Å²) in [5.74, 6) is 0. The number of likely N-dealkylation sites (N-methyl/N-ethyl adjacent to an activating group) is 2. The van der Waals surface area contributed by atoms with Gasteiger partial charge in [0.2, 0.25) is 0 Å². The van der Waals surface area contributed by atoms with Gasteiger partial charge < -0.3 is 15.5 Å². The van der Waals surface area contributed by atoms with E-state index in [0.29, 0.717) is 4.99 Å². The molecule has 0 aromatic heterocycles. The molecule has 0 heterocycles. The van der Waals surface area contributed by atoms with Crippen LogP contribution < -0.4 is 5.73 Å². The van der Waals surface area contributed by atoms with Gasteiger partial charge in [0.1, 0.15) is 4.99 Å². The Balaban J connectivity index is 2.64. The van der Waals surface area contributed by atoms with Crippen LogP contribution in [0.5, 0.6) is 0 Å². The monoisotopic (exact) mass is 251 g/mol. The van der Waals surface area contributed by atoms with E-state index in [0.717, 1.165) is 25.2 Å². The predicted octanol–water partition coefficient (Wildman–Crippen LogP) is 1.31. The fourth-order valence-electron chi connectivity index (χ4n) is 1.64. The zero-order valence-electron chi connectivity index (χ0n) is 10.8. The summed E-state index contributed by atoms with van der Waals surface area (Å²) in [5, 5.41) is 0. The molecule has 3 nitrogen and oxygen atoms in total. The first kappa shape index (κ1) is 14.1. The highest BCUT2D eigenvalue weighted by atomic mass is 32.1. The molecule has 0 fully saturated rings. The molecule has 0 bridgehead atoms. The fourth-order valence-corrected chi connectivity index (χ4v) is 1.84. The van der Waals surface area contributed by atoms with Crippen LogP contribution in [0.25, 0.3) is 0 Å². The summed E-state index contributed by atoms with van der Waals surface area (Å²) >= 11 is 5.06. The number of benzene rings is 1. The van der Waals surface area contributed by atoms with Crippen LogP contribution in [-0.4, -0.2) is 49.0 Å². The maximum Gasteiger partial charge on any atom is 0.104 e. The van der Waals surface area contributed by atoms with E-state index in [1.807, 2.05) is 18.2 Å². The average molecular weight is 251 g/mol. The smallest absolute Gasteiger partial charge is 0.104 e. The molecule has 0 atom stereocenters. The molecule has 0 saturated carbocycles. The normalized spacial score (nSPS) is 11.1. The van der Waals surface area contributed by atoms with Crippen LogP contribution in [0, 0.1) is 0 Å². The van der Waals surface area contributed by atoms with Crippen molar-refractivity contribution < 1.29 is 0 Å². The third kappa shape index (κ3) is 4.81. The first-order valence-corrected chi connectivity index (χ1v) is 6.12. The maximum atomic E-state index is 5.72. The van der Waals surface area contributed by atoms with Crippen LogP contribution in [0.1, 0.15) is 11.1 Å². The van der Waals surface area contributed by atoms with Gasteiger partial charge in [-0.15, -0.1) is 0 Å². The van der Waals surface area contributed by atoms with E-state index in [-0.39, 0.29) is 0 Å². The second-order valence-electron chi connectivity index (χ2n) is 4.56. The highest BCUT2D eigenvalue weighted by Gasteiger charge is 2.07. The Morgan fingerprint density at radius 1 is 1.18 bits per heavy atom. The van der Waals surface area contributed by atoms with Gasteiger partial charge >= 0.3 is 0 Å². The van der Waals surface area contributed by atoms with Crippen molar-refractivity contribution in [3.8, 4) is 0 Å². The molecule has 17 heavy (non-hydrogen) atoms. The lowest BCUT2D eigenvalue weighted by atomic mass is 10.1. The molecule has 1 aromatic carbocycles. The van der Waals surface area contributed by atoms with Crippen LogP contribution >= 0.6 is 12.2 Å². The molecule has 0 radical (unpaired) electrons. The molecule has 2 N–H and O–H groups in total. The topological polar surface area (TPSA) is 32.5 Å². The molecule has 94 valence electrons. The number of hydrogen-bond acceptors (Lipinski definition) is 3. The van der Waals surface area contributed by atoms with Gasteiger partial charge in [-0.2, -0.15) is 0 Å². The Labute approximate surface area is 109 Å². The number of rotatable bonds is 6. The number of nitrogens with two attached hydrogens (primary N) is 1. The highest BCUT2D eigenvalue weighted by Crippen LogP contribution is 2.10. The van der Waals surface area contributed by atoms with Gasteiger partial charge in [-0.25, -0.2) is 0 Å². The van der Waals surface area contributed by atoms with E-state index >= 15 is 0 Å². The Morgan fingerprint density at radius 2 is 1.82 bits per heavy atom. The lowest BCUT2D eigenvalue weighted by Crippen LogP contribution is -2.29. The van der Waals surface area contributed by atoms with Crippen molar-refractivity contribution in [1.29, 1.82) is 0 Å². The molecule has 0 aliphatic heterocycles. The minimum absolute atomic E-state index is 0.474. The van der Waals surface area contributed by atoms with E-state index in [4.69, 9.17) is 18.0 Å². The van der Waals surface area contributed by atoms with E-state index < -0.39 is 0 Å². The summed E-state index contributed by atoms with van der Waals surface area (Å²) < 4.78 is 0. The van der Waals surface area contributed by atoms with E-state index in [1.165, 1.54) is 5.56 Å². The molecular weight excluding hydrogens is 230 g/mol. The molecule has 0 saturated heterocycles. The van der Waals surface area contributed by atoms with Crippen molar-refractivity contribution in [3.63, 3.8) is 0 Å². The Kier molecular flexibility index (Phi) is 5.55. The van der Waals surface area contributed by atoms with Crippen molar-refractivity contribution >= 4 is 17.2 Å². The minimum atomic E-state index is 0.474. The van der Waals surface area contributed by atoms with E-state index in [1.54, 1.807) is 0 Å². The molecule has 0 unspecified atom stereocenters. The van der Waals surface area contributed by atoms with Gasteiger partial charge in [-0.05, 0) is 26.7 Å². The van der Waals surface area contributed by atoms with Crippen LogP contribution in [0.3, 0.4) is 0 Å². The second kappa shape index (κ2) is 6.69. The zero-order valence-corrected chi connectivity index (χ0v) is 11.6. The lowest BCUT2D eigenvalue weighted by Gasteiger charge is -2.20. The largest absolute Gasteiger partial charge is 0.389 e. The molecule has 0 amide bonds. The Hall–Kier alpha value is -0.970. The van der Waals surface area contributed by atoms with Gasteiger partial charge in [-0.1, -0.05) is 36.5 Å². The van der Waals surface area contributed by atoms with E-state index in [9.17, 15) is 0 Å². The van der Waals surface area contributed by atoms with Crippen molar-refractivity contribution in [3.05, 3.63) is 35.4 Å². The molecule has 0 aliphatic rings. The minimum Gasteiger partial charge on any atom is -0.389 e. The first-order valence-electron chi connectivity index (χ1n) is 5.71. The predicted molar refractivity (Wildman–Crippen MR) is 77.2 cm³/mol. The van der Waals surface area contributed by atoms with Crippen molar-refractivity contribution in [2.24, 2.45) is 5.73 Å². The average Bonchev–Trinajstić information content (AvgIpc) is 2.27. The van der Waals surface area contributed by atoms with Crippen LogP contribution in [0.4, 0.5) is 0 Å². The summed E-state index contributed by atoms with van der Waals surface area (Å²) in [6.45, 7) is 2.95. The van der Waals surface area contributed by atoms with Crippen LogP contribution in [0.15, 0.2) is 24.3 Å². The zero-order chi connectivity index (χ0) is 12.8. The van der Waals surface area contributed by atoms with Gasteiger partial charge in [0.05, 0.1) is 0 Å². The van der Waals surface area contributed by atoms with Gasteiger partial charge in [0.25, 0.3) is 0 Å². The molecule has 4 heteroatoms. The third-order valence-corrected chi connectivity index (χ3v) is 2.87. The molecular formula is C13H21N3S. The third-order valence-electron chi connectivity index (χ3n) is 2.65. The van der Waals surface area contributed by atoms with Crippen LogP contribution in [-0.2, 0) is 6.54 Å². The summed E-state index contributed by atoms with van der Waals surface area (Å²) in [4.78, 5) is 4.93. The SMILES string of the molecule is CN(C)CCN(C)Cc1ccccc1C(N)=S. The van der Waals surface area contributed by atoms with E-state index in [2.05, 4.69) is 37.0 Å². The fraction of sp³-hybridized carbons (Fsp3) is 0.462. The standard InChI is InChI=1S/C13H21N3S/c1-15(2)8-9-16(3)10-11-6-4-5-7-12(11)13(14)17/h4-7H,8-10H2,1-3H3,(H2,14,17). The molecule has 1 aromatic rings. The highest BCUT2D eigenvalue weighted by molar-refractivity contribution is 7.80. The van der Waals surface area contributed by atoms with Gasteiger partial charge in [0.15, 0.2) is 0 Å². The second-order valence-corrected chi connectivity index (χ2v) is 5.00. The summed E-state index contributed by atoms with van der Waals surface area (Å²) in [5.41, 5.74) is 7.90. The Bertz CT molecular complexity index is 377. The van der Waals surface area contributed by atoms with Gasteiger partial charge in [-0.3, -0.25) is 0 Å². The lowest BCUT2D eigenvalue weighted by molar-refractivity contribution is 0.276. The van der Waals surface area contributed by atoms with Crippen molar-refractivity contribution in [1.82, 2.24) is 9.80 Å². The maximum absolute atomic E-state index is 5.72. The first-order chi connectivity index (χ1) is 8.00. The molecule has 0 spiro atoms. The summed E-state index contributed by atoms with van der Waals surface area (Å²) in [6, 6.07) is 8.06. The number of nitrogens with zero attached hydrogens (tertiary/aromatic N) is 2. The van der Waals surface area contributed by atoms with Gasteiger partial charge in [0, 0.05) is 25.2 Å². The number of hydrogen-bond donors (Lipinski definition) is 1. The summed E-state index contributed by atoms with van der Waals surface area (Å²) in [7, 11) is 6.27. The molecule has 1 rings (SSSR count). The summed E-state index contributed by atoms with van der Waals surface area (Å²) in [6.07, 6.45) is 0. The molecule has 0 aliphatic carbocycles. The van der Waals surface area contributed by atoms with Crippen molar-refractivity contribution in [2.75, 3.05) is 34.2 Å². The number of thiocarbonyl (C=S) groups is 1.